The van der Waals surface area contributed by atoms with Crippen LogP contribution in [0.5, 0.6) is 11.5 Å². The van der Waals surface area contributed by atoms with Crippen LogP contribution in [0.3, 0.4) is 0 Å². The number of nitrogens with zero attached hydrogens (tertiary/aromatic N) is 2. The Labute approximate surface area is 443 Å². The number of aliphatic hydroxyl groups excluding tert-OH is 3. The van der Waals surface area contributed by atoms with Crippen LogP contribution in [0, 0.1) is 0 Å². The highest BCUT2D eigenvalue weighted by Gasteiger charge is 2.45. The number of aromatic hydroxyl groups is 1. The molecule has 3 saturated heterocycles. The van der Waals surface area contributed by atoms with Crippen LogP contribution in [0.2, 0.25) is 0 Å². The Morgan fingerprint density at radius 3 is 1.80 bits per heavy atom. The van der Waals surface area contributed by atoms with Crippen LogP contribution in [-0.2, 0) is 41.7 Å². The largest absolute Gasteiger partial charge is 0.508 e. The van der Waals surface area contributed by atoms with E-state index >= 15 is 0 Å². The molecule has 4 aromatic rings. The standard InChI is InChI=1S/C57H74N8O11/c1-4-5-6-28-76-45-24-20-41(21-25-45)40-18-16-39(17-19-40)38-14-9-37(10-15-38)31-60-46-8-7-27-59-54(72)48-29-42(58)32-64(48)56(74)50(34(2)66)63-53(71)47(26-13-36-11-22-43(68)23-12-36)61-55(73)49-30-44(69)33-65(49)57(75)51(35(3)67)62-52(46)70/h9-12,14-25,34-35,42,44,46-51,60,66-69H,4-8,13,26-33,58H2,1-3H3,(H,59,72)(H,61,73)(H,62,70)(H,63,71)/t34-,35-,42+,44-,46+,47+,48+,49+,50+,51+/m1/s1. The van der Waals surface area contributed by atoms with Gasteiger partial charge in [0.25, 0.3) is 0 Å². The number of nitrogens with two attached hydrogens (primary N) is 1. The highest BCUT2D eigenvalue weighted by Crippen LogP contribution is 2.28. The average molecular weight is 1050 g/mol. The molecule has 0 radical (unpaired) electrons. The lowest BCUT2D eigenvalue weighted by molar-refractivity contribution is -0.145. The molecule has 0 saturated carbocycles. The summed E-state index contributed by atoms with van der Waals surface area (Å²) >= 11 is 0. The zero-order valence-electron chi connectivity index (χ0n) is 43.5. The number of phenolic OH excluding ortho intramolecular Hbond substituents is 1. The van der Waals surface area contributed by atoms with E-state index in [1.54, 1.807) is 12.1 Å². The smallest absolute Gasteiger partial charge is 0.248 e. The Morgan fingerprint density at radius 1 is 0.671 bits per heavy atom. The van der Waals surface area contributed by atoms with E-state index in [-0.39, 0.29) is 70.5 Å². The quantitative estimate of drug-likeness (QED) is 0.0767. The van der Waals surface area contributed by atoms with E-state index in [1.165, 1.54) is 30.9 Å². The highest BCUT2D eigenvalue weighted by molar-refractivity contribution is 5.97. The van der Waals surface area contributed by atoms with Crippen LogP contribution < -0.4 is 37.1 Å². The number of hydrogen-bond acceptors (Lipinski definition) is 13. The zero-order valence-corrected chi connectivity index (χ0v) is 43.5. The summed E-state index contributed by atoms with van der Waals surface area (Å²) in [5.41, 5.74) is 12.0. The second-order valence-electron chi connectivity index (χ2n) is 20.3. The topological polar surface area (TPSA) is 285 Å². The molecule has 3 heterocycles. The molecular formula is C57H74N8O11. The predicted octanol–water partition coefficient (Wildman–Crippen LogP) is 2.40. The molecule has 7 rings (SSSR count). The van der Waals surface area contributed by atoms with E-state index in [9.17, 15) is 49.2 Å². The molecule has 11 N–H and O–H groups in total. The van der Waals surface area contributed by atoms with Crippen LogP contribution in [-0.4, -0.2) is 153 Å². The summed E-state index contributed by atoms with van der Waals surface area (Å²) < 4.78 is 5.88. The second kappa shape index (κ2) is 26.7. The number of carbonyl (C=O) groups excluding carboxylic acids is 6. The van der Waals surface area contributed by atoms with Crippen LogP contribution in [0.4, 0.5) is 0 Å². The zero-order chi connectivity index (χ0) is 54.5. The molecule has 76 heavy (non-hydrogen) atoms. The van der Waals surface area contributed by atoms with Gasteiger partial charge in [-0.05, 0) is 110 Å². The Balaban J connectivity index is 1.09. The molecule has 6 amide bonds. The molecule has 3 aliphatic rings. The van der Waals surface area contributed by atoms with Crippen molar-refractivity contribution in [3.63, 3.8) is 0 Å². The third-order valence-corrected chi connectivity index (χ3v) is 14.4. The number of amides is 6. The van der Waals surface area contributed by atoms with Gasteiger partial charge in [-0.3, -0.25) is 28.8 Å². The van der Waals surface area contributed by atoms with Crippen molar-refractivity contribution in [3.05, 3.63) is 108 Å². The minimum atomic E-state index is -1.56. The summed E-state index contributed by atoms with van der Waals surface area (Å²) in [5.74, 6) is -3.59. The second-order valence-corrected chi connectivity index (χ2v) is 20.3. The number of ether oxygens (including phenoxy) is 1. The van der Waals surface area contributed by atoms with Gasteiger partial charge in [0.1, 0.15) is 41.7 Å². The summed E-state index contributed by atoms with van der Waals surface area (Å²) in [6.07, 6.45) is -0.356. The number of rotatable bonds is 15. The number of aryl methyl sites for hydroxylation is 1. The van der Waals surface area contributed by atoms with Gasteiger partial charge in [0.2, 0.25) is 35.4 Å². The van der Waals surface area contributed by atoms with Gasteiger partial charge in [0, 0.05) is 38.6 Å². The van der Waals surface area contributed by atoms with Gasteiger partial charge in [0.05, 0.1) is 31.0 Å². The number of carbonyl (C=O) groups is 6. The fourth-order valence-electron chi connectivity index (χ4n) is 9.98. The summed E-state index contributed by atoms with van der Waals surface area (Å²) in [7, 11) is 0. The minimum absolute atomic E-state index is 0.0185. The molecular weight excluding hydrogens is 973 g/mol. The first-order valence-electron chi connectivity index (χ1n) is 26.5. The lowest BCUT2D eigenvalue weighted by Crippen LogP contribution is -2.61. The number of phenols is 1. The van der Waals surface area contributed by atoms with Crippen molar-refractivity contribution in [1.82, 2.24) is 36.4 Å². The minimum Gasteiger partial charge on any atom is -0.508 e. The number of benzene rings is 4. The maximum atomic E-state index is 14.4. The number of aliphatic hydroxyl groups is 3. The first-order valence-corrected chi connectivity index (χ1v) is 26.5. The van der Waals surface area contributed by atoms with E-state index in [4.69, 9.17) is 10.5 Å². The van der Waals surface area contributed by atoms with Crippen molar-refractivity contribution in [2.45, 2.75) is 146 Å². The van der Waals surface area contributed by atoms with E-state index in [0.29, 0.717) is 12.2 Å². The van der Waals surface area contributed by atoms with Crippen molar-refractivity contribution in [2.75, 3.05) is 26.2 Å². The van der Waals surface area contributed by atoms with Crippen LogP contribution >= 0.6 is 0 Å². The van der Waals surface area contributed by atoms with Gasteiger partial charge < -0.3 is 67.3 Å². The van der Waals surface area contributed by atoms with Gasteiger partial charge in [-0.2, -0.15) is 0 Å². The number of hydrogen-bond donors (Lipinski definition) is 10. The lowest BCUT2D eigenvalue weighted by Gasteiger charge is -2.32. The summed E-state index contributed by atoms with van der Waals surface area (Å²) in [6.45, 7) is 5.43. The first kappa shape index (κ1) is 56.8. The molecule has 0 unspecified atom stereocenters. The van der Waals surface area contributed by atoms with Crippen molar-refractivity contribution in [3.8, 4) is 33.8 Å². The fourth-order valence-corrected chi connectivity index (χ4v) is 9.98. The summed E-state index contributed by atoms with van der Waals surface area (Å²) in [4.78, 5) is 87.5. The predicted molar refractivity (Wildman–Crippen MR) is 285 cm³/mol. The Morgan fingerprint density at radius 2 is 1.21 bits per heavy atom. The maximum Gasteiger partial charge on any atom is 0.248 e. The maximum absolute atomic E-state index is 14.4. The van der Waals surface area contributed by atoms with E-state index in [1.807, 2.05) is 36.4 Å². The average Bonchev–Trinajstić information content (AvgIpc) is 4.02. The Hall–Kier alpha value is -6.90. The molecule has 0 aromatic heterocycles. The lowest BCUT2D eigenvalue weighted by atomic mass is 9.99. The Bertz CT molecular complexity index is 2600. The monoisotopic (exact) mass is 1050 g/mol. The molecule has 19 heteroatoms. The summed E-state index contributed by atoms with van der Waals surface area (Å²) in [6, 6.07) is 21.9. The van der Waals surface area contributed by atoms with E-state index in [0.717, 1.165) is 57.7 Å². The Kier molecular flexibility index (Phi) is 20.0. The third kappa shape index (κ3) is 14.9. The van der Waals surface area contributed by atoms with Crippen molar-refractivity contribution in [1.29, 1.82) is 0 Å². The van der Waals surface area contributed by atoms with Gasteiger partial charge in [0.15, 0.2) is 0 Å². The molecule has 0 spiro atoms. The first-order chi connectivity index (χ1) is 36.5. The fraction of sp³-hybridized carbons (Fsp3) is 0.474. The molecule has 3 aliphatic heterocycles. The van der Waals surface area contributed by atoms with Gasteiger partial charge >= 0.3 is 0 Å². The molecule has 408 valence electrons. The van der Waals surface area contributed by atoms with E-state index < -0.39 is 96.0 Å². The molecule has 19 nitrogen and oxygen atoms in total. The molecule has 4 aromatic carbocycles. The normalized spacial score (nSPS) is 25.0. The third-order valence-electron chi connectivity index (χ3n) is 14.4. The van der Waals surface area contributed by atoms with Crippen molar-refractivity contribution >= 4 is 35.4 Å². The molecule has 0 aliphatic carbocycles. The number of unbranched alkanes of at least 4 members (excludes halogenated alkanes) is 2. The highest BCUT2D eigenvalue weighted by atomic mass is 16.5. The van der Waals surface area contributed by atoms with Crippen LogP contribution in [0.1, 0.15) is 83.3 Å². The summed E-state index contributed by atoms with van der Waals surface area (Å²) in [5, 5.41) is 56.8. The van der Waals surface area contributed by atoms with Crippen molar-refractivity contribution in [2.24, 2.45) is 5.73 Å². The van der Waals surface area contributed by atoms with Gasteiger partial charge in [-0.15, -0.1) is 0 Å². The molecule has 10 atom stereocenters. The number of fused-ring (bicyclic) bond motifs is 2. The molecule has 3 fully saturated rings. The van der Waals surface area contributed by atoms with Crippen LogP contribution in [0.25, 0.3) is 22.3 Å². The van der Waals surface area contributed by atoms with Gasteiger partial charge in [-0.1, -0.05) is 92.6 Å². The molecule has 0 bridgehead atoms. The van der Waals surface area contributed by atoms with Gasteiger partial charge in [-0.25, -0.2) is 0 Å². The van der Waals surface area contributed by atoms with E-state index in [2.05, 4.69) is 69.9 Å². The van der Waals surface area contributed by atoms with Crippen molar-refractivity contribution < 1.29 is 53.9 Å². The number of nitrogens with one attached hydrogen (secondary N) is 5. The van der Waals surface area contributed by atoms with Crippen LogP contribution in [0.15, 0.2) is 97.1 Å². The SMILES string of the molecule is CCCCCOc1ccc(-c2ccc(-c3ccc(CN[C@H]4CCCNC(=O)[C@@H]5C[C@H](N)CN5C(=O)[C@H]([C@@H](C)O)NC(=O)[C@H](CCc5ccc(O)cc5)NC(=O)[C@@H]5C[C@@H](O)CN5C(=O)[C@H]([C@@H](C)O)NC4=O)cc3)cc2)cc1.